The SMILES string of the molecule is CC/C=C\C/C=C\C/C=C\C/C=C\C/C=C\C/C=C\CCC(=O)OCC(COC(=O)CCCCCCCC)OC(=O)CCCCC/C=C\C/C=C\C/C=C\CC. The Bertz CT molecular complexity index is 1210. The van der Waals surface area contributed by atoms with Gasteiger partial charge < -0.3 is 14.2 Å². The van der Waals surface area contributed by atoms with Gasteiger partial charge in [-0.2, -0.15) is 0 Å². The molecule has 1 unspecified atom stereocenters. The third-order valence-corrected chi connectivity index (χ3v) is 8.54. The first kappa shape index (κ1) is 52.1. The second kappa shape index (κ2) is 43.8. The molecule has 0 aromatic heterocycles. The second-order valence-electron chi connectivity index (χ2n) is 13.8. The van der Waals surface area contributed by atoms with Crippen molar-refractivity contribution in [3.63, 3.8) is 0 Å². The number of carbonyl (C=O) groups excluding carboxylic acids is 3. The average Bonchev–Trinajstić information content (AvgIpc) is 3.19. The minimum absolute atomic E-state index is 0.116. The number of unbranched alkanes of at least 4 members (excludes halogenated alkanes) is 8. The molecule has 0 saturated carbocycles. The maximum absolute atomic E-state index is 12.6. The zero-order chi connectivity index (χ0) is 40.8. The summed E-state index contributed by atoms with van der Waals surface area (Å²) in [5.74, 6) is -1.06. The molecule has 0 spiro atoms. The molecule has 0 aliphatic heterocycles. The fourth-order valence-electron chi connectivity index (χ4n) is 5.30. The fourth-order valence-corrected chi connectivity index (χ4v) is 5.30. The topological polar surface area (TPSA) is 78.9 Å². The summed E-state index contributed by atoms with van der Waals surface area (Å²) < 4.78 is 16.5. The smallest absolute Gasteiger partial charge is 0.306 e. The highest BCUT2D eigenvalue weighted by molar-refractivity contribution is 5.71. The Morgan fingerprint density at radius 2 is 0.732 bits per heavy atom. The Labute approximate surface area is 342 Å². The van der Waals surface area contributed by atoms with Crippen LogP contribution in [-0.4, -0.2) is 37.2 Å². The van der Waals surface area contributed by atoms with Crippen LogP contribution >= 0.6 is 0 Å². The molecule has 0 rings (SSSR count). The summed E-state index contributed by atoms with van der Waals surface area (Å²) >= 11 is 0. The Hall–Kier alpha value is -3.93. The molecule has 6 heteroatoms. The highest BCUT2D eigenvalue weighted by atomic mass is 16.6. The molecule has 0 bridgehead atoms. The zero-order valence-corrected chi connectivity index (χ0v) is 35.6. The fraction of sp³-hybridized carbons (Fsp3) is 0.580. The van der Waals surface area contributed by atoms with Crippen LogP contribution in [0.25, 0.3) is 0 Å². The summed E-state index contributed by atoms with van der Waals surface area (Å²) in [5, 5.41) is 0. The van der Waals surface area contributed by atoms with Crippen molar-refractivity contribution < 1.29 is 28.6 Å². The van der Waals surface area contributed by atoms with E-state index in [0.717, 1.165) is 96.3 Å². The lowest BCUT2D eigenvalue weighted by atomic mass is 10.1. The lowest BCUT2D eigenvalue weighted by Gasteiger charge is -2.18. The Balaban J connectivity index is 4.47. The first-order valence-electron chi connectivity index (χ1n) is 21.9. The summed E-state index contributed by atoms with van der Waals surface area (Å²) in [5.41, 5.74) is 0. The maximum Gasteiger partial charge on any atom is 0.306 e. The van der Waals surface area contributed by atoms with Crippen LogP contribution in [0, 0.1) is 0 Å². The molecule has 0 N–H and O–H groups in total. The van der Waals surface area contributed by atoms with Crippen molar-refractivity contribution in [2.75, 3.05) is 13.2 Å². The molecule has 0 heterocycles. The molecule has 0 fully saturated rings. The number of hydrogen-bond acceptors (Lipinski definition) is 6. The van der Waals surface area contributed by atoms with Crippen molar-refractivity contribution in [2.45, 2.75) is 175 Å². The summed E-state index contributed by atoms with van der Waals surface area (Å²) in [6.07, 6.45) is 58.2. The largest absolute Gasteiger partial charge is 0.462 e. The number of allylic oxidation sites excluding steroid dienone is 18. The van der Waals surface area contributed by atoms with E-state index in [0.29, 0.717) is 19.3 Å². The van der Waals surface area contributed by atoms with Gasteiger partial charge in [0.05, 0.1) is 0 Å². The standard InChI is InChI=1S/C50H78O6/c1-4-7-10-13-16-18-20-22-23-24-25-26-27-29-30-32-34-37-40-43-49(52)55-46-47(45-54-48(51)42-39-36-15-12-9-6-3)56-50(53)44-41-38-35-33-31-28-21-19-17-14-11-8-5-2/h7-8,10-11,16-19,22-23,25-26,28-31,34,37,47H,4-6,9,12-15,20-21,24,27,32-33,35-36,38-46H2,1-3H3/b10-7-,11-8-,18-16-,19-17-,23-22-,26-25-,30-29-,31-28-,37-34-. The van der Waals surface area contributed by atoms with Crippen LogP contribution in [0.1, 0.15) is 168 Å². The van der Waals surface area contributed by atoms with Gasteiger partial charge in [0.15, 0.2) is 6.10 Å². The van der Waals surface area contributed by atoms with E-state index in [1.165, 1.54) is 19.3 Å². The maximum atomic E-state index is 12.6. The van der Waals surface area contributed by atoms with E-state index < -0.39 is 6.10 Å². The third-order valence-electron chi connectivity index (χ3n) is 8.54. The lowest BCUT2D eigenvalue weighted by Crippen LogP contribution is -2.30. The van der Waals surface area contributed by atoms with Crippen LogP contribution in [0.15, 0.2) is 109 Å². The lowest BCUT2D eigenvalue weighted by molar-refractivity contribution is -0.166. The first-order valence-corrected chi connectivity index (χ1v) is 21.9. The van der Waals surface area contributed by atoms with Crippen LogP contribution in [0.5, 0.6) is 0 Å². The molecule has 6 nitrogen and oxygen atoms in total. The van der Waals surface area contributed by atoms with Crippen molar-refractivity contribution in [3.05, 3.63) is 109 Å². The van der Waals surface area contributed by atoms with E-state index >= 15 is 0 Å². The number of rotatable bonds is 37. The molecule has 56 heavy (non-hydrogen) atoms. The molecule has 0 saturated heterocycles. The van der Waals surface area contributed by atoms with Gasteiger partial charge in [-0.1, -0.05) is 169 Å². The van der Waals surface area contributed by atoms with Crippen molar-refractivity contribution in [1.29, 1.82) is 0 Å². The van der Waals surface area contributed by atoms with Crippen molar-refractivity contribution in [2.24, 2.45) is 0 Å². The second-order valence-corrected chi connectivity index (χ2v) is 13.8. The Morgan fingerprint density at radius 3 is 1.20 bits per heavy atom. The molecule has 0 aliphatic carbocycles. The van der Waals surface area contributed by atoms with Crippen LogP contribution < -0.4 is 0 Å². The van der Waals surface area contributed by atoms with Gasteiger partial charge in [0, 0.05) is 19.3 Å². The van der Waals surface area contributed by atoms with Crippen LogP contribution in [0.3, 0.4) is 0 Å². The number of hydrogen-bond donors (Lipinski definition) is 0. The summed E-state index contributed by atoms with van der Waals surface area (Å²) in [6.45, 7) is 6.21. The van der Waals surface area contributed by atoms with Gasteiger partial charge in [0.2, 0.25) is 0 Å². The molecular formula is C50H78O6. The monoisotopic (exact) mass is 775 g/mol. The van der Waals surface area contributed by atoms with Crippen LogP contribution in [0.4, 0.5) is 0 Å². The van der Waals surface area contributed by atoms with E-state index in [1.54, 1.807) is 0 Å². The van der Waals surface area contributed by atoms with Gasteiger partial charge in [0.25, 0.3) is 0 Å². The van der Waals surface area contributed by atoms with Gasteiger partial charge in [-0.15, -0.1) is 0 Å². The van der Waals surface area contributed by atoms with E-state index in [2.05, 4.69) is 118 Å². The van der Waals surface area contributed by atoms with Gasteiger partial charge in [-0.25, -0.2) is 0 Å². The first-order chi connectivity index (χ1) is 27.5. The third kappa shape index (κ3) is 41.2. The van der Waals surface area contributed by atoms with Crippen molar-refractivity contribution in [1.82, 2.24) is 0 Å². The highest BCUT2D eigenvalue weighted by Crippen LogP contribution is 2.10. The quantitative estimate of drug-likeness (QED) is 0.0271. The van der Waals surface area contributed by atoms with Gasteiger partial charge >= 0.3 is 17.9 Å². The van der Waals surface area contributed by atoms with Crippen LogP contribution in [-0.2, 0) is 28.6 Å². The average molecular weight is 775 g/mol. The van der Waals surface area contributed by atoms with Gasteiger partial charge in [-0.3, -0.25) is 14.4 Å². The van der Waals surface area contributed by atoms with Crippen LogP contribution in [0.2, 0.25) is 0 Å². The van der Waals surface area contributed by atoms with Gasteiger partial charge in [0.1, 0.15) is 13.2 Å². The molecule has 1 atom stereocenters. The summed E-state index contributed by atoms with van der Waals surface area (Å²) in [7, 11) is 0. The summed E-state index contributed by atoms with van der Waals surface area (Å²) in [6, 6.07) is 0. The Morgan fingerprint density at radius 1 is 0.375 bits per heavy atom. The van der Waals surface area contributed by atoms with Crippen molar-refractivity contribution >= 4 is 17.9 Å². The number of ether oxygens (including phenoxy) is 3. The highest BCUT2D eigenvalue weighted by Gasteiger charge is 2.19. The van der Waals surface area contributed by atoms with E-state index in [-0.39, 0.29) is 44.0 Å². The zero-order valence-electron chi connectivity index (χ0n) is 35.6. The van der Waals surface area contributed by atoms with E-state index in [1.807, 2.05) is 12.2 Å². The predicted octanol–water partition coefficient (Wildman–Crippen LogP) is 14.0. The molecule has 0 aromatic rings. The van der Waals surface area contributed by atoms with Gasteiger partial charge in [-0.05, 0) is 89.9 Å². The molecule has 0 amide bonds. The van der Waals surface area contributed by atoms with E-state index in [9.17, 15) is 14.4 Å². The minimum atomic E-state index is -0.820. The number of esters is 3. The predicted molar refractivity (Wildman–Crippen MR) is 237 cm³/mol. The molecule has 0 aliphatic rings. The molecular weight excluding hydrogens is 697 g/mol. The Kier molecular flexibility index (Phi) is 40.7. The van der Waals surface area contributed by atoms with E-state index in [4.69, 9.17) is 14.2 Å². The molecule has 0 radical (unpaired) electrons. The van der Waals surface area contributed by atoms with Crippen molar-refractivity contribution in [3.8, 4) is 0 Å². The minimum Gasteiger partial charge on any atom is -0.462 e. The molecule has 314 valence electrons. The number of carbonyl (C=O) groups is 3. The summed E-state index contributed by atoms with van der Waals surface area (Å²) in [4.78, 5) is 37.5. The normalized spacial score (nSPS) is 13.1. The molecule has 0 aromatic carbocycles.